The van der Waals surface area contributed by atoms with Gasteiger partial charge in [-0.05, 0) is 56.0 Å². The van der Waals surface area contributed by atoms with Gasteiger partial charge in [-0.15, -0.1) is 21.5 Å². The molecule has 9 heteroatoms. The van der Waals surface area contributed by atoms with Crippen molar-refractivity contribution in [2.45, 2.75) is 40.2 Å². The Morgan fingerprint density at radius 1 is 1.08 bits per heavy atom. The van der Waals surface area contributed by atoms with Crippen molar-refractivity contribution in [1.29, 1.82) is 0 Å². The normalized spacial score (nSPS) is 15.4. The molecule has 3 heterocycles. The average Bonchev–Trinajstić information content (AvgIpc) is 3.36. The zero-order valence-corrected chi connectivity index (χ0v) is 22.1. The molecule has 0 amide bonds. The van der Waals surface area contributed by atoms with Gasteiger partial charge in [-0.25, -0.2) is 0 Å². The fourth-order valence-electron chi connectivity index (χ4n) is 4.83. The Hall–Kier alpha value is -3.98. The van der Waals surface area contributed by atoms with Crippen molar-refractivity contribution < 1.29 is 19.7 Å². The van der Waals surface area contributed by atoms with Gasteiger partial charge in [-0.2, -0.15) is 0 Å². The van der Waals surface area contributed by atoms with Gasteiger partial charge < -0.3 is 14.9 Å². The van der Waals surface area contributed by atoms with E-state index in [1.165, 1.54) is 7.11 Å². The highest BCUT2D eigenvalue weighted by atomic mass is 32.1. The Kier molecular flexibility index (Phi) is 6.33. The second-order valence-corrected chi connectivity index (χ2v) is 10.3. The van der Waals surface area contributed by atoms with E-state index >= 15 is 0 Å². The topological polar surface area (TPSA) is 110 Å². The molecular weight excluding hydrogens is 488 g/mol. The largest absolute Gasteiger partial charge is 0.504 e. The third-order valence-electron chi connectivity index (χ3n) is 7.00. The predicted molar refractivity (Wildman–Crippen MR) is 143 cm³/mol. The molecule has 190 valence electrons. The maximum Gasteiger partial charge on any atom is 0.309 e. The summed E-state index contributed by atoms with van der Waals surface area (Å²) in [6.07, 6.45) is 0.413. The lowest BCUT2D eigenvalue weighted by atomic mass is 9.94. The number of rotatable bonds is 6. The molecule has 2 atom stereocenters. The van der Waals surface area contributed by atoms with Crippen LogP contribution in [0.4, 0.5) is 0 Å². The van der Waals surface area contributed by atoms with Crippen LogP contribution in [0, 0.1) is 26.7 Å². The first-order chi connectivity index (χ1) is 17.7. The summed E-state index contributed by atoms with van der Waals surface area (Å²) in [4.78, 5) is 18.5. The third kappa shape index (κ3) is 4.09. The number of phenols is 1. The lowest BCUT2D eigenvalue weighted by Gasteiger charge is -2.19. The Morgan fingerprint density at radius 2 is 1.76 bits per heavy atom. The average molecular weight is 517 g/mol. The van der Waals surface area contributed by atoms with E-state index in [1.54, 1.807) is 23.5 Å². The Labute approximate surface area is 218 Å². The Balaban J connectivity index is 1.69. The van der Waals surface area contributed by atoms with Crippen LogP contribution < -0.4 is 4.74 Å². The zero-order valence-electron chi connectivity index (χ0n) is 21.3. The van der Waals surface area contributed by atoms with E-state index in [9.17, 15) is 15.0 Å². The fourth-order valence-corrected chi connectivity index (χ4v) is 6.04. The van der Waals surface area contributed by atoms with Gasteiger partial charge in [0.15, 0.2) is 17.3 Å². The first kappa shape index (κ1) is 24.7. The van der Waals surface area contributed by atoms with Crippen LogP contribution in [0.3, 0.4) is 0 Å². The van der Waals surface area contributed by atoms with Gasteiger partial charge in [0.05, 0.1) is 18.7 Å². The quantitative estimate of drug-likeness (QED) is 0.343. The summed E-state index contributed by atoms with van der Waals surface area (Å²) in [5.41, 5.74) is 5.59. The Bertz CT molecular complexity index is 1530. The molecule has 0 bridgehead atoms. The van der Waals surface area contributed by atoms with Crippen molar-refractivity contribution in [1.82, 2.24) is 14.8 Å². The van der Waals surface area contributed by atoms with Crippen LogP contribution in [0.25, 0.3) is 16.1 Å². The molecule has 8 nitrogen and oxygen atoms in total. The number of aromatic nitrogens is 3. The van der Waals surface area contributed by atoms with E-state index in [-0.39, 0.29) is 5.75 Å². The van der Waals surface area contributed by atoms with Crippen molar-refractivity contribution >= 4 is 23.0 Å². The number of hydrogen-bond acceptors (Lipinski definition) is 7. The smallest absolute Gasteiger partial charge is 0.309 e. The van der Waals surface area contributed by atoms with Crippen molar-refractivity contribution in [2.24, 2.45) is 10.9 Å². The van der Waals surface area contributed by atoms with Crippen LogP contribution in [-0.2, 0) is 4.79 Å². The maximum absolute atomic E-state index is 12.3. The van der Waals surface area contributed by atoms with E-state index in [0.717, 1.165) is 43.4 Å². The number of phenolic OH excluding ortho intramolecular Hbond substituents is 1. The number of fused-ring (bicyclic) bond motifs is 3. The summed E-state index contributed by atoms with van der Waals surface area (Å²) < 4.78 is 7.24. The second kappa shape index (κ2) is 9.48. The van der Waals surface area contributed by atoms with E-state index < -0.39 is 17.9 Å². The number of aromatic hydroxyl groups is 1. The summed E-state index contributed by atoms with van der Waals surface area (Å²) in [5.74, 6) is 0.106. The maximum atomic E-state index is 12.3. The molecule has 1 unspecified atom stereocenters. The van der Waals surface area contributed by atoms with Crippen molar-refractivity contribution in [3.63, 3.8) is 0 Å². The minimum absolute atomic E-state index is 0.0868. The number of methoxy groups -OCH3 is 1. The van der Waals surface area contributed by atoms with Gasteiger partial charge in [-0.1, -0.05) is 37.3 Å². The van der Waals surface area contributed by atoms with E-state index in [0.29, 0.717) is 23.8 Å². The minimum Gasteiger partial charge on any atom is -0.504 e. The highest BCUT2D eigenvalue weighted by molar-refractivity contribution is 7.15. The first-order valence-electron chi connectivity index (χ1n) is 12.1. The number of hydrogen-bond donors (Lipinski definition) is 2. The lowest BCUT2D eigenvalue weighted by molar-refractivity contribution is -0.142. The third-order valence-corrected chi connectivity index (χ3v) is 8.19. The standard InChI is InChI=1S/C28H28N4O4S/c1-6-20(28(34)35)25-26-31-30-16(4)32(26)27-23(14(2)15(3)37-27)24(29-25)18-9-7-17(8-10-18)19-11-12-21(33)22(13-19)36-5/h7-13,20,25,33H,6H2,1-5H3,(H,34,35)/t20?,25-/m0/s1. The van der Waals surface area contributed by atoms with Crippen LogP contribution in [-0.4, -0.2) is 43.8 Å². The minimum atomic E-state index is -0.905. The van der Waals surface area contributed by atoms with Gasteiger partial charge in [0.25, 0.3) is 0 Å². The SMILES string of the molecule is CCC(C(=O)O)[C@@H]1N=C(c2ccc(-c3ccc(O)c(OC)c3)cc2)c2c(sc(C)c2C)-n2c(C)nnc21. The van der Waals surface area contributed by atoms with Crippen LogP contribution >= 0.6 is 11.3 Å². The molecule has 1 aliphatic heterocycles. The number of benzene rings is 2. The van der Waals surface area contributed by atoms with Crippen LogP contribution in [0.1, 0.15) is 52.6 Å². The van der Waals surface area contributed by atoms with Gasteiger partial charge >= 0.3 is 5.97 Å². The van der Waals surface area contributed by atoms with Crippen LogP contribution in [0.2, 0.25) is 0 Å². The molecule has 0 spiro atoms. The highest BCUT2D eigenvalue weighted by Gasteiger charge is 2.37. The molecule has 0 saturated heterocycles. The summed E-state index contributed by atoms with van der Waals surface area (Å²) in [5, 5.41) is 29.7. The molecule has 4 aromatic rings. The molecule has 2 aromatic heterocycles. The molecule has 0 radical (unpaired) electrons. The summed E-state index contributed by atoms with van der Waals surface area (Å²) in [7, 11) is 1.52. The fraction of sp³-hybridized carbons (Fsp3) is 0.286. The van der Waals surface area contributed by atoms with Crippen LogP contribution in [0.5, 0.6) is 11.5 Å². The number of nitrogens with zero attached hydrogens (tertiary/aromatic N) is 4. The number of carboxylic acids is 1. The lowest BCUT2D eigenvalue weighted by Crippen LogP contribution is -2.23. The molecule has 5 rings (SSSR count). The molecule has 0 aliphatic carbocycles. The summed E-state index contributed by atoms with van der Waals surface area (Å²) >= 11 is 1.64. The monoisotopic (exact) mass is 516 g/mol. The van der Waals surface area contributed by atoms with Gasteiger partial charge in [0.1, 0.15) is 16.9 Å². The van der Waals surface area contributed by atoms with E-state index in [2.05, 4.69) is 24.0 Å². The molecule has 2 aromatic carbocycles. The number of aliphatic carboxylic acids is 1. The molecular formula is C28H28N4O4S. The summed E-state index contributed by atoms with van der Waals surface area (Å²) in [6.45, 7) is 7.90. The molecule has 2 N–H and O–H groups in total. The van der Waals surface area contributed by atoms with Crippen LogP contribution in [0.15, 0.2) is 47.5 Å². The zero-order chi connectivity index (χ0) is 26.4. The van der Waals surface area contributed by atoms with Crippen molar-refractivity contribution in [2.75, 3.05) is 7.11 Å². The number of carboxylic acid groups (broad SMARTS) is 1. The number of aliphatic imine (C=N–C) groups is 1. The van der Waals surface area contributed by atoms with E-state index in [4.69, 9.17) is 9.73 Å². The number of ether oxygens (including phenoxy) is 1. The molecule has 1 aliphatic rings. The van der Waals surface area contributed by atoms with Crippen molar-refractivity contribution in [3.05, 3.63) is 75.7 Å². The molecule has 0 fully saturated rings. The summed E-state index contributed by atoms with van der Waals surface area (Å²) in [6, 6.07) is 12.6. The molecule has 0 saturated carbocycles. The number of carbonyl (C=O) groups is 1. The predicted octanol–water partition coefficient (Wildman–Crippen LogP) is 5.64. The first-order valence-corrected chi connectivity index (χ1v) is 12.9. The molecule has 37 heavy (non-hydrogen) atoms. The van der Waals surface area contributed by atoms with Gasteiger partial charge in [0, 0.05) is 16.0 Å². The number of aryl methyl sites for hydroxylation is 2. The second-order valence-electron chi connectivity index (χ2n) is 9.14. The van der Waals surface area contributed by atoms with Gasteiger partial charge in [-0.3, -0.25) is 14.4 Å². The van der Waals surface area contributed by atoms with E-state index in [1.807, 2.05) is 48.7 Å². The number of thiophene rings is 1. The van der Waals surface area contributed by atoms with Gasteiger partial charge in [0.2, 0.25) is 0 Å². The Morgan fingerprint density at radius 3 is 2.41 bits per heavy atom. The van der Waals surface area contributed by atoms with Crippen molar-refractivity contribution in [3.8, 4) is 27.6 Å². The highest BCUT2D eigenvalue weighted by Crippen LogP contribution is 2.41.